The van der Waals surface area contributed by atoms with Crippen molar-refractivity contribution in [3.05, 3.63) is 78.8 Å². The van der Waals surface area contributed by atoms with Gasteiger partial charge in [0.25, 0.3) is 5.91 Å². The van der Waals surface area contributed by atoms with Crippen LogP contribution in [0.4, 0.5) is 18.3 Å². The van der Waals surface area contributed by atoms with Crippen LogP contribution >= 0.6 is 11.3 Å². The van der Waals surface area contributed by atoms with E-state index in [0.29, 0.717) is 16.5 Å². The van der Waals surface area contributed by atoms with Gasteiger partial charge in [-0.15, -0.1) is 13.2 Å². The van der Waals surface area contributed by atoms with Crippen molar-refractivity contribution >= 4 is 22.4 Å². The Kier molecular flexibility index (Phi) is 5.63. The standard InChI is InChI=1S/C21H13F3N4O2S/c22-21(23,24)30-15-6-4-14(5-7-15)19(29)28-20-27-17(16-3-1-2-10-26-16)18(31-20)13-8-11-25-12-9-13/h1-12H,(H,27,28,29). The number of nitrogens with one attached hydrogen (secondary N) is 1. The maximum atomic E-state index is 12.6. The smallest absolute Gasteiger partial charge is 0.406 e. The molecule has 0 saturated heterocycles. The molecule has 6 nitrogen and oxygen atoms in total. The SMILES string of the molecule is O=C(Nc1nc(-c2ccccn2)c(-c2ccncc2)s1)c1ccc(OC(F)(F)F)cc1. The van der Waals surface area contributed by atoms with Crippen molar-refractivity contribution in [2.75, 3.05) is 5.32 Å². The Morgan fingerprint density at radius 3 is 2.35 bits per heavy atom. The summed E-state index contributed by atoms with van der Waals surface area (Å²) >= 11 is 1.26. The molecule has 156 valence electrons. The van der Waals surface area contributed by atoms with E-state index in [1.54, 1.807) is 24.7 Å². The molecule has 31 heavy (non-hydrogen) atoms. The number of thiazole rings is 1. The predicted molar refractivity (Wildman–Crippen MR) is 110 cm³/mol. The Bertz CT molecular complexity index is 1120. The van der Waals surface area contributed by atoms with E-state index >= 15 is 0 Å². The van der Waals surface area contributed by atoms with Gasteiger partial charge in [-0.05, 0) is 54.1 Å². The second-order valence-electron chi connectivity index (χ2n) is 6.17. The van der Waals surface area contributed by atoms with E-state index in [-0.39, 0.29) is 5.56 Å². The number of pyridine rings is 2. The average Bonchev–Trinajstić information content (AvgIpc) is 3.18. The highest BCUT2D eigenvalue weighted by molar-refractivity contribution is 7.19. The topological polar surface area (TPSA) is 77.0 Å². The van der Waals surface area contributed by atoms with Crippen molar-refractivity contribution in [3.63, 3.8) is 0 Å². The molecule has 1 N–H and O–H groups in total. The van der Waals surface area contributed by atoms with Crippen molar-refractivity contribution in [1.82, 2.24) is 15.0 Å². The molecule has 3 aromatic heterocycles. The van der Waals surface area contributed by atoms with E-state index in [1.165, 1.54) is 23.5 Å². The molecule has 0 spiro atoms. The molecular weight excluding hydrogens is 429 g/mol. The van der Waals surface area contributed by atoms with Gasteiger partial charge in [0.1, 0.15) is 11.4 Å². The van der Waals surface area contributed by atoms with E-state index in [0.717, 1.165) is 22.6 Å². The zero-order valence-electron chi connectivity index (χ0n) is 15.6. The lowest BCUT2D eigenvalue weighted by atomic mass is 10.1. The van der Waals surface area contributed by atoms with Gasteiger partial charge in [-0.1, -0.05) is 17.4 Å². The van der Waals surface area contributed by atoms with Crippen LogP contribution < -0.4 is 10.1 Å². The molecule has 0 aliphatic heterocycles. The first kappa shape index (κ1) is 20.5. The monoisotopic (exact) mass is 442 g/mol. The zero-order valence-corrected chi connectivity index (χ0v) is 16.4. The van der Waals surface area contributed by atoms with Gasteiger partial charge in [-0.25, -0.2) is 4.98 Å². The summed E-state index contributed by atoms with van der Waals surface area (Å²) in [5, 5.41) is 3.02. The molecule has 0 atom stereocenters. The summed E-state index contributed by atoms with van der Waals surface area (Å²) in [6.07, 6.45) is 0.157. The number of aromatic nitrogens is 3. The summed E-state index contributed by atoms with van der Waals surface area (Å²) < 4.78 is 40.7. The lowest BCUT2D eigenvalue weighted by Gasteiger charge is -2.09. The third-order valence-corrected chi connectivity index (χ3v) is 5.07. The number of anilines is 1. The van der Waals surface area contributed by atoms with Crippen molar-refractivity contribution in [2.24, 2.45) is 0 Å². The number of ether oxygens (including phenoxy) is 1. The second-order valence-corrected chi connectivity index (χ2v) is 7.17. The molecule has 3 heterocycles. The molecule has 0 fully saturated rings. The molecule has 0 aliphatic rings. The molecule has 4 aromatic rings. The van der Waals surface area contributed by atoms with Crippen molar-refractivity contribution < 1.29 is 22.7 Å². The van der Waals surface area contributed by atoms with Gasteiger partial charge in [0.2, 0.25) is 0 Å². The molecule has 0 aliphatic carbocycles. The second kappa shape index (κ2) is 8.52. The molecule has 0 bridgehead atoms. The van der Waals surface area contributed by atoms with E-state index in [9.17, 15) is 18.0 Å². The maximum absolute atomic E-state index is 12.6. The van der Waals surface area contributed by atoms with E-state index in [4.69, 9.17) is 0 Å². The van der Waals surface area contributed by atoms with Gasteiger partial charge in [0.15, 0.2) is 5.13 Å². The highest BCUT2D eigenvalue weighted by atomic mass is 32.1. The number of carbonyl (C=O) groups excluding carboxylic acids is 1. The molecule has 4 rings (SSSR count). The van der Waals surface area contributed by atoms with Gasteiger partial charge in [-0.2, -0.15) is 0 Å². The number of nitrogens with zero attached hydrogens (tertiary/aromatic N) is 3. The molecular formula is C21H13F3N4O2S. The Morgan fingerprint density at radius 1 is 0.968 bits per heavy atom. The molecule has 0 radical (unpaired) electrons. The number of rotatable bonds is 5. The quantitative estimate of drug-likeness (QED) is 0.447. The summed E-state index contributed by atoms with van der Waals surface area (Å²) in [5.74, 6) is -0.920. The lowest BCUT2D eigenvalue weighted by Crippen LogP contribution is -2.17. The largest absolute Gasteiger partial charge is 0.573 e. The Labute approximate surface area is 178 Å². The number of halogens is 3. The number of alkyl halides is 3. The minimum atomic E-state index is -4.80. The number of hydrogen-bond donors (Lipinski definition) is 1. The predicted octanol–water partition coefficient (Wildman–Crippen LogP) is 5.42. The molecule has 10 heteroatoms. The third-order valence-electron chi connectivity index (χ3n) is 4.05. The first-order valence-electron chi connectivity index (χ1n) is 8.89. The molecule has 1 aromatic carbocycles. The van der Waals surface area contributed by atoms with Gasteiger partial charge >= 0.3 is 6.36 Å². The van der Waals surface area contributed by atoms with Crippen molar-refractivity contribution in [1.29, 1.82) is 0 Å². The normalized spacial score (nSPS) is 11.2. The van der Waals surface area contributed by atoms with Crippen LogP contribution in [0.5, 0.6) is 5.75 Å². The van der Waals surface area contributed by atoms with Gasteiger partial charge in [-0.3, -0.25) is 20.1 Å². The van der Waals surface area contributed by atoms with Crippen LogP contribution in [-0.4, -0.2) is 27.2 Å². The number of amides is 1. The van der Waals surface area contributed by atoms with Crippen LogP contribution in [0.15, 0.2) is 73.2 Å². The van der Waals surface area contributed by atoms with Crippen LogP contribution in [-0.2, 0) is 0 Å². The molecule has 0 saturated carbocycles. The summed E-state index contributed by atoms with van der Waals surface area (Å²) in [6.45, 7) is 0. The van der Waals surface area contributed by atoms with Crippen molar-refractivity contribution in [3.8, 4) is 27.6 Å². The fraction of sp³-hybridized carbons (Fsp3) is 0.0476. The van der Waals surface area contributed by atoms with Gasteiger partial charge in [0, 0.05) is 24.2 Å². The number of benzene rings is 1. The fourth-order valence-electron chi connectivity index (χ4n) is 2.73. The van der Waals surface area contributed by atoms with Crippen LogP contribution in [0, 0.1) is 0 Å². The van der Waals surface area contributed by atoms with E-state index < -0.39 is 18.0 Å². The van der Waals surface area contributed by atoms with Gasteiger partial charge in [0.05, 0.1) is 10.6 Å². The molecule has 0 unspecified atom stereocenters. The Hall–Kier alpha value is -3.79. The Morgan fingerprint density at radius 2 is 1.71 bits per heavy atom. The highest BCUT2D eigenvalue weighted by Crippen LogP contribution is 2.38. The van der Waals surface area contributed by atoms with Crippen molar-refractivity contribution in [2.45, 2.75) is 6.36 Å². The molecule has 1 amide bonds. The third kappa shape index (κ3) is 5.04. The van der Waals surface area contributed by atoms with Crippen LogP contribution in [0.2, 0.25) is 0 Å². The highest BCUT2D eigenvalue weighted by Gasteiger charge is 2.31. The first-order valence-corrected chi connectivity index (χ1v) is 9.70. The summed E-state index contributed by atoms with van der Waals surface area (Å²) in [7, 11) is 0. The lowest BCUT2D eigenvalue weighted by molar-refractivity contribution is -0.274. The summed E-state index contributed by atoms with van der Waals surface area (Å²) in [6, 6.07) is 13.7. The van der Waals surface area contributed by atoms with Gasteiger partial charge < -0.3 is 4.74 Å². The minimum Gasteiger partial charge on any atom is -0.406 e. The fourth-order valence-corrected chi connectivity index (χ4v) is 3.70. The zero-order chi connectivity index (χ0) is 21.8. The minimum absolute atomic E-state index is 0.162. The average molecular weight is 442 g/mol. The number of carbonyl (C=O) groups is 1. The number of hydrogen-bond acceptors (Lipinski definition) is 6. The van der Waals surface area contributed by atoms with Crippen LogP contribution in [0.3, 0.4) is 0 Å². The van der Waals surface area contributed by atoms with Crippen LogP contribution in [0.1, 0.15) is 10.4 Å². The van der Waals surface area contributed by atoms with E-state index in [1.807, 2.05) is 24.3 Å². The summed E-state index contributed by atoms with van der Waals surface area (Å²) in [4.78, 5) is 26.2. The van der Waals surface area contributed by atoms with Crippen LogP contribution in [0.25, 0.3) is 21.8 Å². The Balaban J connectivity index is 1.60. The summed E-state index contributed by atoms with van der Waals surface area (Å²) in [5.41, 5.74) is 2.26. The van der Waals surface area contributed by atoms with E-state index in [2.05, 4.69) is 25.0 Å². The maximum Gasteiger partial charge on any atom is 0.573 e. The first-order chi connectivity index (χ1) is 14.9.